The molecule has 1 fully saturated rings. The minimum atomic E-state index is -4.30. The van der Waals surface area contributed by atoms with Gasteiger partial charge in [0.1, 0.15) is 21.4 Å². The van der Waals surface area contributed by atoms with Gasteiger partial charge in [-0.15, -0.1) is 0 Å². The lowest BCUT2D eigenvalue weighted by Crippen LogP contribution is -2.34. The maximum atomic E-state index is 15.5. The Kier molecular flexibility index (Phi) is 8.68. The summed E-state index contributed by atoms with van der Waals surface area (Å²) < 4.78 is 83.1. The van der Waals surface area contributed by atoms with Crippen LogP contribution in [0.25, 0.3) is 5.69 Å². The number of halogens is 4. The lowest BCUT2D eigenvalue weighted by atomic mass is 9.89. The zero-order valence-electron chi connectivity index (χ0n) is 20.5. The van der Waals surface area contributed by atoms with Gasteiger partial charge in [0.15, 0.2) is 5.69 Å². The summed E-state index contributed by atoms with van der Waals surface area (Å²) in [4.78, 5) is 16.9. The molecule has 1 N–H and O–H groups in total. The summed E-state index contributed by atoms with van der Waals surface area (Å²) in [5.74, 6) is -1.08. The van der Waals surface area contributed by atoms with E-state index in [1.165, 1.54) is 31.6 Å². The quantitative estimate of drug-likeness (QED) is 0.483. The third-order valence-electron chi connectivity index (χ3n) is 6.55. The Morgan fingerprint density at radius 2 is 1.89 bits per heavy atom. The van der Waals surface area contributed by atoms with Gasteiger partial charge in [-0.2, -0.15) is 17.6 Å². The molecule has 12 heteroatoms. The van der Waals surface area contributed by atoms with Crippen LogP contribution < -0.4 is 10.1 Å². The number of nitrogens with one attached hydrogen (secondary N) is 1. The van der Waals surface area contributed by atoms with E-state index in [2.05, 4.69) is 10.3 Å². The first-order valence-electron chi connectivity index (χ1n) is 11.8. The van der Waals surface area contributed by atoms with Crippen LogP contribution >= 0.6 is 0 Å². The normalized spacial score (nSPS) is 18.8. The number of rotatable bonds is 9. The van der Waals surface area contributed by atoms with E-state index in [0.717, 1.165) is 4.57 Å². The van der Waals surface area contributed by atoms with Crippen LogP contribution in [0.15, 0.2) is 18.2 Å². The molecule has 200 valence electrons. The highest BCUT2D eigenvalue weighted by Gasteiger charge is 2.30. The molecule has 0 radical (unpaired) electrons. The van der Waals surface area contributed by atoms with E-state index >= 15 is 4.39 Å². The van der Waals surface area contributed by atoms with Gasteiger partial charge in [0.25, 0.3) is 5.91 Å². The highest BCUT2D eigenvalue weighted by atomic mass is 32.2. The Labute approximate surface area is 208 Å². The van der Waals surface area contributed by atoms with Crippen LogP contribution in [0.2, 0.25) is 0 Å². The standard InChI is InChI=1S/C24H31F4N3O4S/c1-4-20-30-21(23(32)29-14-16-5-8-17(9-6-16)36(3,33)34)22(25)31(20)18-10-7-15(13-19(18)35-2)11-12-24(26,27)28/h7,10,13,16-17H,4-6,8-9,11-12,14H2,1-3H3,(H,29,32)/t16-,17-. The van der Waals surface area contributed by atoms with E-state index in [1.54, 1.807) is 6.92 Å². The van der Waals surface area contributed by atoms with Crippen molar-refractivity contribution in [2.75, 3.05) is 19.9 Å². The molecule has 1 aliphatic carbocycles. The number of benzene rings is 1. The second-order valence-corrected chi connectivity index (χ2v) is 11.5. The largest absolute Gasteiger partial charge is 0.495 e. The second-order valence-electron chi connectivity index (χ2n) is 9.16. The number of sulfone groups is 1. The van der Waals surface area contributed by atoms with Gasteiger partial charge in [0.2, 0.25) is 5.95 Å². The van der Waals surface area contributed by atoms with Crippen LogP contribution in [0.4, 0.5) is 17.6 Å². The Balaban J connectivity index is 1.76. The fourth-order valence-corrected chi connectivity index (χ4v) is 5.63. The summed E-state index contributed by atoms with van der Waals surface area (Å²) in [6.07, 6.45) is -1.66. The Morgan fingerprint density at radius 1 is 1.22 bits per heavy atom. The molecule has 1 heterocycles. The SMILES string of the molecule is CCc1nc(C(=O)NC[C@H]2CC[C@H](S(C)(=O)=O)CC2)c(F)n1-c1ccc(CCC(F)(F)F)cc1OC. The molecule has 2 aromatic rings. The summed E-state index contributed by atoms with van der Waals surface area (Å²) in [5.41, 5.74) is 0.225. The number of carbonyl (C=O) groups is 1. The molecule has 1 saturated carbocycles. The molecule has 36 heavy (non-hydrogen) atoms. The molecule has 1 aromatic carbocycles. The number of hydrogen-bond acceptors (Lipinski definition) is 5. The molecule has 0 unspecified atom stereocenters. The lowest BCUT2D eigenvalue weighted by Gasteiger charge is -2.27. The molecule has 0 aliphatic heterocycles. The van der Waals surface area contributed by atoms with Gasteiger partial charge in [-0.25, -0.2) is 13.4 Å². The summed E-state index contributed by atoms with van der Waals surface area (Å²) >= 11 is 0. The van der Waals surface area contributed by atoms with Gasteiger partial charge in [0.05, 0.1) is 18.0 Å². The Hall–Kier alpha value is -2.63. The van der Waals surface area contributed by atoms with Gasteiger partial charge >= 0.3 is 6.18 Å². The number of nitrogens with zero attached hydrogens (tertiary/aromatic N) is 2. The van der Waals surface area contributed by atoms with E-state index in [9.17, 15) is 26.4 Å². The summed E-state index contributed by atoms with van der Waals surface area (Å²) in [6, 6.07) is 4.35. The van der Waals surface area contributed by atoms with E-state index in [0.29, 0.717) is 37.7 Å². The molecule has 0 atom stereocenters. The predicted molar refractivity (Wildman–Crippen MR) is 127 cm³/mol. The van der Waals surface area contributed by atoms with Gasteiger partial charge in [0, 0.05) is 25.6 Å². The first-order valence-corrected chi connectivity index (χ1v) is 13.8. The van der Waals surface area contributed by atoms with Crippen molar-refractivity contribution in [2.24, 2.45) is 5.92 Å². The third-order valence-corrected chi connectivity index (χ3v) is 8.24. The van der Waals surface area contributed by atoms with Crippen molar-refractivity contribution in [3.8, 4) is 11.4 Å². The van der Waals surface area contributed by atoms with Crippen LogP contribution in [0.1, 0.15) is 60.9 Å². The fraction of sp³-hybridized carbons (Fsp3) is 0.583. The molecular formula is C24H31F4N3O4S. The number of carbonyl (C=O) groups excluding carboxylic acids is 1. The minimum Gasteiger partial charge on any atom is -0.495 e. The van der Waals surface area contributed by atoms with E-state index < -0.39 is 34.3 Å². The summed E-state index contributed by atoms with van der Waals surface area (Å²) in [6.45, 7) is 2.02. The van der Waals surface area contributed by atoms with Crippen molar-refractivity contribution in [3.63, 3.8) is 0 Å². The zero-order chi connectivity index (χ0) is 26.7. The molecule has 0 bridgehead atoms. The van der Waals surface area contributed by atoms with Crippen molar-refractivity contribution < 1.29 is 35.5 Å². The van der Waals surface area contributed by atoms with Crippen molar-refractivity contribution >= 4 is 15.7 Å². The van der Waals surface area contributed by atoms with E-state index in [-0.39, 0.29) is 47.1 Å². The van der Waals surface area contributed by atoms with E-state index in [4.69, 9.17) is 4.74 Å². The highest BCUT2D eigenvalue weighted by molar-refractivity contribution is 7.91. The minimum absolute atomic E-state index is 0.0899. The number of ether oxygens (including phenoxy) is 1. The number of methoxy groups -OCH3 is 1. The topological polar surface area (TPSA) is 90.3 Å². The van der Waals surface area contributed by atoms with Gasteiger partial charge in [-0.1, -0.05) is 13.0 Å². The zero-order valence-corrected chi connectivity index (χ0v) is 21.3. The molecule has 3 rings (SSSR count). The van der Waals surface area contributed by atoms with Crippen LogP contribution in [-0.2, 0) is 22.7 Å². The molecule has 1 amide bonds. The number of aromatic nitrogens is 2. The number of amides is 1. The van der Waals surface area contributed by atoms with Crippen molar-refractivity contribution in [3.05, 3.63) is 41.2 Å². The smallest absolute Gasteiger partial charge is 0.389 e. The first-order chi connectivity index (χ1) is 16.8. The number of imidazole rings is 1. The van der Waals surface area contributed by atoms with Crippen LogP contribution in [0, 0.1) is 11.9 Å². The monoisotopic (exact) mass is 533 g/mol. The number of alkyl halides is 3. The van der Waals surface area contributed by atoms with Crippen molar-refractivity contribution in [1.82, 2.24) is 14.9 Å². The molecule has 0 saturated heterocycles. The van der Waals surface area contributed by atoms with Crippen LogP contribution in [0.5, 0.6) is 5.75 Å². The molecule has 0 spiro atoms. The summed E-state index contributed by atoms with van der Waals surface area (Å²) in [5, 5.41) is 2.34. The Morgan fingerprint density at radius 3 is 2.44 bits per heavy atom. The molecular weight excluding hydrogens is 502 g/mol. The molecule has 1 aliphatic rings. The van der Waals surface area contributed by atoms with Gasteiger partial charge < -0.3 is 10.1 Å². The lowest BCUT2D eigenvalue weighted by molar-refractivity contribution is -0.134. The average Bonchev–Trinajstić information content (AvgIpc) is 3.16. The van der Waals surface area contributed by atoms with E-state index in [1.807, 2.05) is 0 Å². The van der Waals surface area contributed by atoms with Crippen molar-refractivity contribution in [2.45, 2.75) is 63.3 Å². The van der Waals surface area contributed by atoms with Crippen LogP contribution in [0.3, 0.4) is 0 Å². The van der Waals surface area contributed by atoms with Crippen LogP contribution in [-0.4, -0.2) is 55.2 Å². The van der Waals surface area contributed by atoms with Crippen molar-refractivity contribution in [1.29, 1.82) is 0 Å². The van der Waals surface area contributed by atoms with Gasteiger partial charge in [-0.3, -0.25) is 9.36 Å². The summed E-state index contributed by atoms with van der Waals surface area (Å²) in [7, 11) is -1.76. The Bertz CT molecular complexity index is 1190. The maximum absolute atomic E-state index is 15.5. The molecule has 1 aromatic heterocycles. The third kappa shape index (κ3) is 6.77. The molecule has 7 nitrogen and oxygen atoms in total. The number of hydrogen-bond donors (Lipinski definition) is 1. The average molecular weight is 534 g/mol. The second kappa shape index (κ2) is 11.2. The highest BCUT2D eigenvalue weighted by Crippen LogP contribution is 2.31. The fourth-order valence-electron chi connectivity index (χ4n) is 4.50. The maximum Gasteiger partial charge on any atom is 0.389 e. The van der Waals surface area contributed by atoms with Gasteiger partial charge in [-0.05, 0) is 55.7 Å². The predicted octanol–water partition coefficient (Wildman–Crippen LogP) is 4.41. The number of aryl methyl sites for hydroxylation is 2. The first kappa shape index (κ1) is 27.9.